The first kappa shape index (κ1) is 13.5. The van der Waals surface area contributed by atoms with Gasteiger partial charge >= 0.3 is 0 Å². The fourth-order valence-corrected chi connectivity index (χ4v) is 2.44. The Balaban J connectivity index is 1.48. The van der Waals surface area contributed by atoms with E-state index in [1.165, 1.54) is 0 Å². The summed E-state index contributed by atoms with van der Waals surface area (Å²) in [5.74, 6) is 1.09. The third-order valence-corrected chi connectivity index (χ3v) is 3.62. The van der Waals surface area contributed by atoms with Crippen LogP contribution in [0.4, 0.5) is 0 Å². The van der Waals surface area contributed by atoms with Gasteiger partial charge in [-0.15, -0.1) is 0 Å². The van der Waals surface area contributed by atoms with Gasteiger partial charge in [-0.25, -0.2) is 0 Å². The van der Waals surface area contributed by atoms with Gasteiger partial charge in [-0.1, -0.05) is 6.07 Å². The lowest BCUT2D eigenvalue weighted by Gasteiger charge is -2.07. The summed E-state index contributed by atoms with van der Waals surface area (Å²) in [6.07, 6.45) is 3.31. The zero-order valence-electron chi connectivity index (χ0n) is 12.2. The van der Waals surface area contributed by atoms with Gasteiger partial charge in [-0.2, -0.15) is 0 Å². The molecule has 0 unspecified atom stereocenters. The largest absolute Gasteiger partial charge is 0.454 e. The van der Waals surface area contributed by atoms with E-state index >= 15 is 0 Å². The monoisotopic (exact) mass is 307 g/mol. The van der Waals surface area contributed by atoms with Crippen LogP contribution in [-0.4, -0.2) is 22.7 Å². The Morgan fingerprint density at radius 1 is 1.00 bits per heavy atom. The number of hydrogen-bond acceptors (Lipinski definition) is 5. The number of hydrogen-bond donors (Lipinski definition) is 1. The first-order valence-electron chi connectivity index (χ1n) is 7.17. The molecule has 2 aromatic carbocycles. The van der Waals surface area contributed by atoms with Crippen molar-refractivity contribution in [3.05, 3.63) is 59.9 Å². The molecule has 0 fully saturated rings. The molecule has 6 heteroatoms. The lowest BCUT2D eigenvalue weighted by atomic mass is 10.1. The number of carbonyl (C=O) groups excluding carboxylic acids is 1. The highest BCUT2D eigenvalue weighted by atomic mass is 16.7. The van der Waals surface area contributed by atoms with Crippen molar-refractivity contribution in [2.24, 2.45) is 0 Å². The summed E-state index contributed by atoms with van der Waals surface area (Å²) in [6, 6.07) is 10.9. The Bertz CT molecular complexity index is 895. The van der Waals surface area contributed by atoms with Crippen LogP contribution in [0.2, 0.25) is 0 Å². The van der Waals surface area contributed by atoms with Gasteiger partial charge < -0.3 is 14.8 Å². The average Bonchev–Trinajstić information content (AvgIpc) is 3.07. The number of carbonyl (C=O) groups is 1. The van der Waals surface area contributed by atoms with Gasteiger partial charge in [0, 0.05) is 24.5 Å². The fourth-order valence-electron chi connectivity index (χ4n) is 2.44. The molecule has 0 aliphatic carbocycles. The van der Waals surface area contributed by atoms with Gasteiger partial charge in [-0.05, 0) is 35.9 Å². The minimum absolute atomic E-state index is 0.164. The van der Waals surface area contributed by atoms with Crippen LogP contribution in [0.1, 0.15) is 15.9 Å². The summed E-state index contributed by atoms with van der Waals surface area (Å²) in [5.41, 5.74) is 3.14. The van der Waals surface area contributed by atoms with E-state index in [2.05, 4.69) is 15.3 Å². The molecule has 4 rings (SSSR count). The topological polar surface area (TPSA) is 73.3 Å². The molecule has 0 saturated heterocycles. The summed E-state index contributed by atoms with van der Waals surface area (Å²) >= 11 is 0. The SMILES string of the molecule is O=C(NCc1ccc2nccnc2c1)c1ccc2c(c1)OCO2. The van der Waals surface area contributed by atoms with Crippen molar-refractivity contribution >= 4 is 16.9 Å². The van der Waals surface area contributed by atoms with E-state index in [4.69, 9.17) is 9.47 Å². The van der Waals surface area contributed by atoms with Crippen molar-refractivity contribution < 1.29 is 14.3 Å². The summed E-state index contributed by atoms with van der Waals surface area (Å²) in [4.78, 5) is 20.7. The molecule has 1 aromatic heterocycles. The summed E-state index contributed by atoms with van der Waals surface area (Å²) in [5, 5.41) is 2.89. The van der Waals surface area contributed by atoms with E-state index in [-0.39, 0.29) is 12.7 Å². The number of nitrogens with one attached hydrogen (secondary N) is 1. The van der Waals surface area contributed by atoms with Gasteiger partial charge in [-0.3, -0.25) is 14.8 Å². The summed E-state index contributed by atoms with van der Waals surface area (Å²) in [7, 11) is 0. The highest BCUT2D eigenvalue weighted by Gasteiger charge is 2.16. The van der Waals surface area contributed by atoms with Crippen LogP contribution in [0, 0.1) is 0 Å². The zero-order chi connectivity index (χ0) is 15.6. The molecule has 1 aliphatic rings. The number of ether oxygens (including phenoxy) is 2. The van der Waals surface area contributed by atoms with Crippen LogP contribution >= 0.6 is 0 Å². The molecule has 1 N–H and O–H groups in total. The van der Waals surface area contributed by atoms with Gasteiger partial charge in [0.15, 0.2) is 11.5 Å². The number of nitrogens with zero attached hydrogens (tertiary/aromatic N) is 2. The van der Waals surface area contributed by atoms with Gasteiger partial charge in [0.05, 0.1) is 11.0 Å². The first-order valence-corrected chi connectivity index (χ1v) is 7.17. The Labute approximate surface area is 132 Å². The Kier molecular flexibility index (Phi) is 3.27. The molecule has 6 nitrogen and oxygen atoms in total. The van der Waals surface area contributed by atoms with Gasteiger partial charge in [0.1, 0.15) is 0 Å². The molecule has 114 valence electrons. The second-order valence-electron chi connectivity index (χ2n) is 5.13. The maximum atomic E-state index is 12.2. The molecule has 1 aliphatic heterocycles. The first-order chi connectivity index (χ1) is 11.3. The van der Waals surface area contributed by atoms with Crippen molar-refractivity contribution in [2.75, 3.05) is 6.79 Å². The van der Waals surface area contributed by atoms with Crippen molar-refractivity contribution in [3.63, 3.8) is 0 Å². The molecular weight excluding hydrogens is 294 g/mol. The Morgan fingerprint density at radius 2 is 1.83 bits per heavy atom. The number of aromatic nitrogens is 2. The molecule has 1 amide bonds. The number of benzene rings is 2. The second kappa shape index (κ2) is 5.57. The smallest absolute Gasteiger partial charge is 0.251 e. The highest BCUT2D eigenvalue weighted by Crippen LogP contribution is 2.32. The van der Waals surface area contributed by atoms with E-state index in [0.29, 0.717) is 23.6 Å². The van der Waals surface area contributed by atoms with Gasteiger partial charge in [0.25, 0.3) is 5.91 Å². The minimum atomic E-state index is -0.164. The van der Waals surface area contributed by atoms with Crippen LogP contribution in [0.15, 0.2) is 48.8 Å². The van der Waals surface area contributed by atoms with E-state index < -0.39 is 0 Å². The lowest BCUT2D eigenvalue weighted by Crippen LogP contribution is -2.22. The van der Waals surface area contributed by atoms with E-state index in [1.807, 2.05) is 18.2 Å². The fraction of sp³-hybridized carbons (Fsp3) is 0.118. The molecule has 0 spiro atoms. The second-order valence-corrected chi connectivity index (χ2v) is 5.13. The third kappa shape index (κ3) is 2.66. The van der Waals surface area contributed by atoms with Crippen molar-refractivity contribution in [2.45, 2.75) is 6.54 Å². The van der Waals surface area contributed by atoms with Crippen LogP contribution < -0.4 is 14.8 Å². The highest BCUT2D eigenvalue weighted by molar-refractivity contribution is 5.95. The normalized spacial score (nSPS) is 12.3. The number of amides is 1. The van der Waals surface area contributed by atoms with E-state index in [1.54, 1.807) is 30.6 Å². The Hall–Kier alpha value is -3.15. The number of rotatable bonds is 3. The van der Waals surface area contributed by atoms with Crippen molar-refractivity contribution in [1.29, 1.82) is 0 Å². The molecule has 0 atom stereocenters. The maximum absolute atomic E-state index is 12.2. The third-order valence-electron chi connectivity index (χ3n) is 3.62. The average molecular weight is 307 g/mol. The molecule has 3 aromatic rings. The zero-order valence-corrected chi connectivity index (χ0v) is 12.2. The summed E-state index contributed by atoms with van der Waals surface area (Å²) < 4.78 is 10.5. The molecule has 2 heterocycles. The minimum Gasteiger partial charge on any atom is -0.454 e. The summed E-state index contributed by atoms with van der Waals surface area (Å²) in [6.45, 7) is 0.609. The number of fused-ring (bicyclic) bond motifs is 2. The van der Waals surface area contributed by atoms with E-state index in [9.17, 15) is 4.79 Å². The van der Waals surface area contributed by atoms with E-state index in [0.717, 1.165) is 16.6 Å². The van der Waals surface area contributed by atoms with Crippen LogP contribution in [0.5, 0.6) is 11.5 Å². The maximum Gasteiger partial charge on any atom is 0.251 e. The molecule has 0 bridgehead atoms. The van der Waals surface area contributed by atoms with Crippen LogP contribution in [-0.2, 0) is 6.54 Å². The predicted octanol–water partition coefficient (Wildman–Crippen LogP) is 2.29. The Morgan fingerprint density at radius 3 is 2.74 bits per heavy atom. The lowest BCUT2D eigenvalue weighted by molar-refractivity contribution is 0.0950. The van der Waals surface area contributed by atoms with Gasteiger partial charge in [0.2, 0.25) is 6.79 Å². The van der Waals surface area contributed by atoms with Crippen LogP contribution in [0.25, 0.3) is 11.0 Å². The molecule has 0 saturated carbocycles. The van der Waals surface area contributed by atoms with Crippen LogP contribution in [0.3, 0.4) is 0 Å². The predicted molar refractivity (Wildman–Crippen MR) is 83.3 cm³/mol. The molecule has 23 heavy (non-hydrogen) atoms. The molecule has 0 radical (unpaired) electrons. The standard InChI is InChI=1S/C17H13N3O3/c21-17(12-2-4-15-16(8-12)23-10-22-15)20-9-11-1-3-13-14(7-11)19-6-5-18-13/h1-8H,9-10H2,(H,20,21). The van der Waals surface area contributed by atoms with Crippen molar-refractivity contribution in [1.82, 2.24) is 15.3 Å². The molecular formula is C17H13N3O3. The van der Waals surface area contributed by atoms with Crippen molar-refractivity contribution in [3.8, 4) is 11.5 Å². The quantitative estimate of drug-likeness (QED) is 0.803.